The summed E-state index contributed by atoms with van der Waals surface area (Å²) in [6.45, 7) is 6.12. The van der Waals surface area contributed by atoms with E-state index in [-0.39, 0.29) is 17.0 Å². The molecule has 25 heavy (non-hydrogen) atoms. The number of benzene rings is 1. The molecule has 1 aliphatic rings. The molecule has 0 radical (unpaired) electrons. The monoisotopic (exact) mass is 358 g/mol. The Kier molecular flexibility index (Phi) is 4.81. The first-order valence-electron chi connectivity index (χ1n) is 8.13. The van der Waals surface area contributed by atoms with Gasteiger partial charge in [0, 0.05) is 17.9 Å². The van der Waals surface area contributed by atoms with E-state index in [1.807, 2.05) is 31.4 Å². The molecular formula is C19H19FN2O2S. The minimum absolute atomic E-state index is 0.235. The summed E-state index contributed by atoms with van der Waals surface area (Å²) in [5.41, 5.74) is 2.96. The fourth-order valence-electron chi connectivity index (χ4n) is 3.00. The molecule has 2 heterocycles. The van der Waals surface area contributed by atoms with Crippen LogP contribution in [0.2, 0.25) is 0 Å². The maximum absolute atomic E-state index is 14.2. The van der Waals surface area contributed by atoms with E-state index in [1.54, 1.807) is 24.3 Å². The molecule has 1 fully saturated rings. The molecule has 0 unspecified atom stereocenters. The largest absolute Gasteiger partial charge is 0.315 e. The number of hydrogen-bond donors (Lipinski definition) is 0. The first kappa shape index (κ1) is 17.5. The number of carbonyl (C=O) groups is 2. The van der Waals surface area contributed by atoms with Crippen LogP contribution in [0.1, 0.15) is 30.3 Å². The van der Waals surface area contributed by atoms with Crippen molar-refractivity contribution in [2.24, 2.45) is 0 Å². The third kappa shape index (κ3) is 3.14. The van der Waals surface area contributed by atoms with Crippen LogP contribution in [-0.4, -0.2) is 27.2 Å². The van der Waals surface area contributed by atoms with Crippen molar-refractivity contribution in [3.63, 3.8) is 0 Å². The van der Waals surface area contributed by atoms with Crippen molar-refractivity contribution >= 4 is 29.0 Å². The highest BCUT2D eigenvalue weighted by atomic mass is 32.2. The zero-order valence-electron chi connectivity index (χ0n) is 14.4. The smallest absolute Gasteiger partial charge is 0.293 e. The number of halogens is 1. The molecule has 0 spiro atoms. The van der Waals surface area contributed by atoms with Gasteiger partial charge in [-0.15, -0.1) is 0 Å². The first-order chi connectivity index (χ1) is 11.9. The summed E-state index contributed by atoms with van der Waals surface area (Å²) in [4.78, 5) is 26.0. The van der Waals surface area contributed by atoms with Crippen LogP contribution in [0, 0.1) is 19.7 Å². The van der Waals surface area contributed by atoms with E-state index in [2.05, 4.69) is 0 Å². The van der Waals surface area contributed by atoms with Crippen molar-refractivity contribution in [2.45, 2.75) is 27.2 Å². The summed E-state index contributed by atoms with van der Waals surface area (Å²) in [5, 5.41) is -0.235. The van der Waals surface area contributed by atoms with Gasteiger partial charge in [0.25, 0.3) is 11.1 Å². The Morgan fingerprint density at radius 3 is 2.60 bits per heavy atom. The van der Waals surface area contributed by atoms with Crippen molar-refractivity contribution in [3.05, 3.63) is 58.0 Å². The topological polar surface area (TPSA) is 42.3 Å². The van der Waals surface area contributed by atoms with Gasteiger partial charge in [0.1, 0.15) is 5.82 Å². The minimum Gasteiger partial charge on any atom is -0.315 e. The van der Waals surface area contributed by atoms with Crippen LogP contribution in [0.25, 0.3) is 11.8 Å². The second-order valence-electron chi connectivity index (χ2n) is 5.95. The molecular weight excluding hydrogens is 339 g/mol. The Bertz CT molecular complexity index is 886. The Hall–Kier alpha value is -2.34. The number of aryl methyl sites for hydroxylation is 1. The van der Waals surface area contributed by atoms with Crippen molar-refractivity contribution in [1.82, 2.24) is 9.47 Å². The Morgan fingerprint density at radius 2 is 1.92 bits per heavy atom. The molecule has 0 bridgehead atoms. The minimum atomic E-state index is -0.306. The third-order valence-corrected chi connectivity index (χ3v) is 5.08. The molecule has 130 valence electrons. The highest BCUT2D eigenvalue weighted by Crippen LogP contribution is 2.34. The van der Waals surface area contributed by atoms with Gasteiger partial charge in [-0.25, -0.2) is 4.39 Å². The van der Waals surface area contributed by atoms with Gasteiger partial charge in [0.15, 0.2) is 0 Å². The fraction of sp³-hybridized carbons (Fsp3) is 0.263. The number of amides is 2. The lowest BCUT2D eigenvalue weighted by Crippen LogP contribution is -2.28. The van der Waals surface area contributed by atoms with Crippen LogP contribution in [0.5, 0.6) is 0 Å². The zero-order valence-corrected chi connectivity index (χ0v) is 15.2. The van der Waals surface area contributed by atoms with E-state index in [4.69, 9.17) is 0 Å². The molecule has 4 nitrogen and oxygen atoms in total. The van der Waals surface area contributed by atoms with E-state index in [0.717, 1.165) is 35.1 Å². The highest BCUT2D eigenvalue weighted by molar-refractivity contribution is 8.18. The summed E-state index contributed by atoms with van der Waals surface area (Å²) >= 11 is 0.955. The summed E-state index contributed by atoms with van der Waals surface area (Å²) in [5.74, 6) is -0.563. The predicted molar refractivity (Wildman–Crippen MR) is 98.2 cm³/mol. The maximum atomic E-state index is 14.2. The average molecular weight is 358 g/mol. The number of rotatable bonds is 4. The first-order valence-corrected chi connectivity index (χ1v) is 8.95. The zero-order chi connectivity index (χ0) is 18.1. The molecule has 0 N–H and O–H groups in total. The molecule has 0 saturated carbocycles. The standard InChI is InChI=1S/C19H19FN2O2S/c1-4-9-21-18(23)17(25-19(21)24)11-14-10-12(2)22(13(14)3)16-8-6-5-7-15(16)20/h5-8,10-11H,4,9H2,1-3H3/b17-11+. The Labute approximate surface area is 150 Å². The SMILES string of the molecule is CCCN1C(=O)S/C(=C/c2cc(C)n(-c3ccccc3F)c2C)C1=O. The van der Waals surface area contributed by atoms with Crippen LogP contribution in [0.4, 0.5) is 9.18 Å². The van der Waals surface area contributed by atoms with E-state index >= 15 is 0 Å². The molecule has 6 heteroatoms. The van der Waals surface area contributed by atoms with Crippen LogP contribution in [0.15, 0.2) is 35.2 Å². The van der Waals surface area contributed by atoms with Gasteiger partial charge in [-0.3, -0.25) is 14.5 Å². The Morgan fingerprint density at radius 1 is 1.20 bits per heavy atom. The predicted octanol–water partition coefficient (Wildman–Crippen LogP) is 4.68. The molecule has 1 aromatic heterocycles. The second kappa shape index (κ2) is 6.88. The van der Waals surface area contributed by atoms with E-state index < -0.39 is 0 Å². The molecule has 3 rings (SSSR count). The van der Waals surface area contributed by atoms with Crippen molar-refractivity contribution in [2.75, 3.05) is 6.54 Å². The number of imide groups is 1. The molecule has 1 aromatic carbocycles. The van der Waals surface area contributed by atoms with Gasteiger partial charge in [-0.1, -0.05) is 19.1 Å². The number of thioether (sulfide) groups is 1. The van der Waals surface area contributed by atoms with Crippen LogP contribution in [0.3, 0.4) is 0 Å². The summed E-state index contributed by atoms with van der Waals surface area (Å²) in [6.07, 6.45) is 2.45. The molecule has 1 aliphatic heterocycles. The number of carbonyl (C=O) groups excluding carboxylic acids is 2. The number of hydrogen-bond acceptors (Lipinski definition) is 3. The number of para-hydroxylation sites is 1. The lowest BCUT2D eigenvalue weighted by atomic mass is 10.2. The molecule has 0 atom stereocenters. The fourth-order valence-corrected chi connectivity index (χ4v) is 3.85. The highest BCUT2D eigenvalue weighted by Gasteiger charge is 2.34. The lowest BCUT2D eigenvalue weighted by Gasteiger charge is -2.10. The second-order valence-corrected chi connectivity index (χ2v) is 6.94. The molecule has 2 amide bonds. The molecule has 2 aromatic rings. The normalized spacial score (nSPS) is 16.3. The maximum Gasteiger partial charge on any atom is 0.293 e. The molecule has 1 saturated heterocycles. The van der Waals surface area contributed by atoms with Crippen molar-refractivity contribution in [3.8, 4) is 5.69 Å². The summed E-state index contributed by atoms with van der Waals surface area (Å²) in [6, 6.07) is 8.47. The van der Waals surface area contributed by atoms with E-state index in [9.17, 15) is 14.0 Å². The van der Waals surface area contributed by atoms with E-state index in [0.29, 0.717) is 17.1 Å². The van der Waals surface area contributed by atoms with Crippen molar-refractivity contribution in [1.29, 1.82) is 0 Å². The third-order valence-electron chi connectivity index (χ3n) is 4.17. The summed E-state index contributed by atoms with van der Waals surface area (Å²) < 4.78 is 16.0. The van der Waals surface area contributed by atoms with Gasteiger partial charge < -0.3 is 4.57 Å². The number of nitrogens with zero attached hydrogens (tertiary/aromatic N) is 2. The van der Waals surface area contributed by atoms with Gasteiger partial charge in [-0.05, 0) is 61.9 Å². The van der Waals surface area contributed by atoms with Gasteiger partial charge in [-0.2, -0.15) is 0 Å². The van der Waals surface area contributed by atoms with Crippen molar-refractivity contribution < 1.29 is 14.0 Å². The van der Waals surface area contributed by atoms with Gasteiger partial charge in [0.05, 0.1) is 10.6 Å². The summed E-state index contributed by atoms with van der Waals surface area (Å²) in [7, 11) is 0. The van der Waals surface area contributed by atoms with Gasteiger partial charge >= 0.3 is 0 Å². The van der Waals surface area contributed by atoms with Gasteiger partial charge in [0.2, 0.25) is 0 Å². The molecule has 0 aliphatic carbocycles. The Balaban J connectivity index is 2.01. The van der Waals surface area contributed by atoms with Crippen LogP contribution in [-0.2, 0) is 4.79 Å². The lowest BCUT2D eigenvalue weighted by molar-refractivity contribution is -0.122. The van der Waals surface area contributed by atoms with E-state index in [1.165, 1.54) is 11.0 Å². The average Bonchev–Trinajstić information content (AvgIpc) is 2.99. The number of aromatic nitrogens is 1. The van der Waals surface area contributed by atoms with Crippen LogP contribution >= 0.6 is 11.8 Å². The quantitative estimate of drug-likeness (QED) is 0.745. The van der Waals surface area contributed by atoms with Crippen LogP contribution < -0.4 is 0 Å².